The minimum Gasteiger partial charge on any atom is -0.376 e. The summed E-state index contributed by atoms with van der Waals surface area (Å²) < 4.78 is 5.44. The third kappa shape index (κ3) is 2.33. The zero-order valence-corrected chi connectivity index (χ0v) is 9.29. The van der Waals surface area contributed by atoms with E-state index >= 15 is 0 Å². The van der Waals surface area contributed by atoms with Crippen LogP contribution in [0.25, 0.3) is 0 Å². The molecule has 0 aliphatic carbocycles. The van der Waals surface area contributed by atoms with Gasteiger partial charge in [-0.3, -0.25) is 0 Å². The number of hydrogen-bond acceptors (Lipinski definition) is 4. The predicted octanol–water partition coefficient (Wildman–Crippen LogP) is 0.747. The molecular weight excluding hydrogens is 190 g/mol. The van der Waals surface area contributed by atoms with Crippen molar-refractivity contribution in [3.63, 3.8) is 0 Å². The third-order valence-electron chi connectivity index (χ3n) is 2.54. The number of fused-ring (bicyclic) bond motifs is 1. The molecule has 1 aliphatic heterocycles. The Morgan fingerprint density at radius 1 is 1.47 bits per heavy atom. The van der Waals surface area contributed by atoms with Crippen LogP contribution in [0.15, 0.2) is 0 Å². The number of aryl methyl sites for hydroxylation is 1. The van der Waals surface area contributed by atoms with Gasteiger partial charge in [-0.2, -0.15) is 0 Å². The third-order valence-corrected chi connectivity index (χ3v) is 2.54. The van der Waals surface area contributed by atoms with Crippen molar-refractivity contribution in [1.82, 2.24) is 9.97 Å². The Labute approximate surface area is 89.9 Å². The van der Waals surface area contributed by atoms with Crippen molar-refractivity contribution in [2.45, 2.75) is 39.3 Å². The van der Waals surface area contributed by atoms with E-state index in [1.165, 1.54) is 0 Å². The van der Waals surface area contributed by atoms with E-state index in [-0.39, 0.29) is 6.04 Å². The smallest absolute Gasteiger partial charge is 0.125 e. The molecule has 2 N–H and O–H groups in total. The van der Waals surface area contributed by atoms with E-state index in [1.807, 2.05) is 13.8 Å². The monoisotopic (exact) mass is 207 g/mol. The van der Waals surface area contributed by atoms with E-state index < -0.39 is 0 Å². The van der Waals surface area contributed by atoms with Crippen LogP contribution in [0, 0.1) is 6.92 Å². The quantitative estimate of drug-likeness (QED) is 0.777. The first-order valence-electron chi connectivity index (χ1n) is 5.35. The number of nitrogens with zero attached hydrogens (tertiary/aromatic N) is 2. The molecule has 0 amide bonds. The largest absolute Gasteiger partial charge is 0.376 e. The van der Waals surface area contributed by atoms with Gasteiger partial charge < -0.3 is 10.5 Å². The van der Waals surface area contributed by atoms with Gasteiger partial charge in [-0.05, 0) is 13.8 Å². The normalized spacial score (nSPS) is 17.3. The van der Waals surface area contributed by atoms with Crippen LogP contribution in [0.3, 0.4) is 0 Å². The number of hydrogen-bond donors (Lipinski definition) is 1. The molecule has 0 bridgehead atoms. The average molecular weight is 207 g/mol. The minimum absolute atomic E-state index is 0.130. The first kappa shape index (κ1) is 10.5. The molecule has 0 radical (unpaired) electrons. The Hall–Kier alpha value is -1.00. The lowest BCUT2D eigenvalue weighted by atomic mass is 10.0. The molecule has 1 unspecified atom stereocenters. The van der Waals surface area contributed by atoms with Gasteiger partial charge in [-0.15, -0.1) is 0 Å². The molecule has 0 aromatic carbocycles. The summed E-state index contributed by atoms with van der Waals surface area (Å²) in [5, 5.41) is 0. The van der Waals surface area contributed by atoms with Crippen LogP contribution in [0.2, 0.25) is 0 Å². The fourth-order valence-electron chi connectivity index (χ4n) is 1.91. The SMILES string of the molecule is Cc1nc2c(c(CC(C)N)n1)COCC2. The highest BCUT2D eigenvalue weighted by atomic mass is 16.5. The molecule has 0 saturated carbocycles. The summed E-state index contributed by atoms with van der Waals surface area (Å²) in [6.45, 7) is 5.33. The highest BCUT2D eigenvalue weighted by Gasteiger charge is 2.17. The van der Waals surface area contributed by atoms with Gasteiger partial charge in [0, 0.05) is 24.4 Å². The summed E-state index contributed by atoms with van der Waals surface area (Å²) >= 11 is 0. The number of nitrogens with two attached hydrogens (primary N) is 1. The Balaban J connectivity index is 2.38. The zero-order chi connectivity index (χ0) is 10.8. The molecular formula is C11H17N3O. The maximum atomic E-state index is 5.81. The van der Waals surface area contributed by atoms with E-state index in [2.05, 4.69) is 9.97 Å². The highest BCUT2D eigenvalue weighted by Crippen LogP contribution is 2.19. The predicted molar refractivity (Wildman–Crippen MR) is 57.5 cm³/mol. The van der Waals surface area contributed by atoms with Crippen LogP contribution in [-0.2, 0) is 24.2 Å². The minimum atomic E-state index is 0.130. The molecule has 15 heavy (non-hydrogen) atoms. The van der Waals surface area contributed by atoms with Crippen molar-refractivity contribution in [2.75, 3.05) is 6.61 Å². The van der Waals surface area contributed by atoms with Gasteiger partial charge in [-0.25, -0.2) is 9.97 Å². The van der Waals surface area contributed by atoms with E-state index in [4.69, 9.17) is 10.5 Å². The molecule has 4 nitrogen and oxygen atoms in total. The topological polar surface area (TPSA) is 61.0 Å². The molecule has 0 spiro atoms. The second kappa shape index (κ2) is 4.24. The Kier molecular flexibility index (Phi) is 2.98. The molecule has 0 saturated heterocycles. The molecule has 1 atom stereocenters. The molecule has 1 aromatic rings. The second-order valence-corrected chi connectivity index (χ2v) is 4.13. The van der Waals surface area contributed by atoms with Gasteiger partial charge in [0.1, 0.15) is 5.82 Å². The highest BCUT2D eigenvalue weighted by molar-refractivity contribution is 5.27. The Morgan fingerprint density at radius 3 is 3.00 bits per heavy atom. The van der Waals surface area contributed by atoms with E-state index in [0.29, 0.717) is 6.61 Å². The molecule has 1 aliphatic rings. The Morgan fingerprint density at radius 2 is 2.27 bits per heavy atom. The molecule has 1 aromatic heterocycles. The van der Waals surface area contributed by atoms with Crippen molar-refractivity contribution < 1.29 is 4.74 Å². The van der Waals surface area contributed by atoms with Crippen LogP contribution >= 0.6 is 0 Å². The first-order chi connectivity index (χ1) is 7.16. The van der Waals surface area contributed by atoms with Crippen molar-refractivity contribution in [3.8, 4) is 0 Å². The summed E-state index contributed by atoms with van der Waals surface area (Å²) in [4.78, 5) is 8.91. The van der Waals surface area contributed by atoms with Gasteiger partial charge in [-0.1, -0.05) is 0 Å². The van der Waals surface area contributed by atoms with Crippen molar-refractivity contribution >= 4 is 0 Å². The molecule has 2 rings (SSSR count). The van der Waals surface area contributed by atoms with Crippen molar-refractivity contribution in [1.29, 1.82) is 0 Å². The fraction of sp³-hybridized carbons (Fsp3) is 0.636. The molecule has 0 fully saturated rings. The number of ether oxygens (including phenoxy) is 1. The maximum Gasteiger partial charge on any atom is 0.125 e. The lowest BCUT2D eigenvalue weighted by molar-refractivity contribution is 0.108. The number of rotatable bonds is 2. The summed E-state index contributed by atoms with van der Waals surface area (Å²) in [5.41, 5.74) is 9.17. The average Bonchev–Trinajstić information content (AvgIpc) is 2.16. The van der Waals surface area contributed by atoms with Crippen LogP contribution in [0.1, 0.15) is 29.7 Å². The van der Waals surface area contributed by atoms with E-state index in [9.17, 15) is 0 Å². The molecule has 82 valence electrons. The number of aromatic nitrogens is 2. The maximum absolute atomic E-state index is 5.81. The molecule has 2 heterocycles. The summed E-state index contributed by atoms with van der Waals surface area (Å²) in [5.74, 6) is 0.839. The van der Waals surface area contributed by atoms with Crippen LogP contribution in [-0.4, -0.2) is 22.6 Å². The first-order valence-corrected chi connectivity index (χ1v) is 5.35. The van der Waals surface area contributed by atoms with Crippen LogP contribution in [0.5, 0.6) is 0 Å². The summed E-state index contributed by atoms with van der Waals surface area (Å²) in [6.07, 6.45) is 1.69. The van der Waals surface area contributed by atoms with Gasteiger partial charge >= 0.3 is 0 Å². The van der Waals surface area contributed by atoms with Crippen LogP contribution in [0.4, 0.5) is 0 Å². The van der Waals surface area contributed by atoms with Crippen LogP contribution < -0.4 is 5.73 Å². The van der Waals surface area contributed by atoms with Crippen molar-refractivity contribution in [2.24, 2.45) is 5.73 Å². The van der Waals surface area contributed by atoms with Gasteiger partial charge in [0.05, 0.1) is 24.6 Å². The van der Waals surface area contributed by atoms with Gasteiger partial charge in [0.15, 0.2) is 0 Å². The van der Waals surface area contributed by atoms with Crippen molar-refractivity contribution in [3.05, 3.63) is 22.8 Å². The Bertz CT molecular complexity index is 363. The molecule has 4 heteroatoms. The van der Waals surface area contributed by atoms with E-state index in [0.717, 1.165) is 42.2 Å². The lowest BCUT2D eigenvalue weighted by Gasteiger charge is -2.19. The second-order valence-electron chi connectivity index (χ2n) is 4.13. The lowest BCUT2D eigenvalue weighted by Crippen LogP contribution is -2.23. The summed E-state index contributed by atoms with van der Waals surface area (Å²) in [7, 11) is 0. The fourth-order valence-corrected chi connectivity index (χ4v) is 1.91. The van der Waals surface area contributed by atoms with E-state index in [1.54, 1.807) is 0 Å². The van der Waals surface area contributed by atoms with Gasteiger partial charge in [0.25, 0.3) is 0 Å². The standard InChI is InChI=1S/C11H17N3O/c1-7(12)5-11-9-6-15-4-3-10(9)13-8(2)14-11/h7H,3-6,12H2,1-2H3. The van der Waals surface area contributed by atoms with Gasteiger partial charge in [0.2, 0.25) is 0 Å². The summed E-state index contributed by atoms with van der Waals surface area (Å²) in [6, 6.07) is 0.130. The zero-order valence-electron chi connectivity index (χ0n) is 9.29.